The number of hydrogen-bond acceptors (Lipinski definition) is 8. The number of nitrogens with zero attached hydrogens (tertiary/aromatic N) is 1. The van der Waals surface area contributed by atoms with Crippen LogP contribution in [0.4, 0.5) is 5.69 Å². The highest BCUT2D eigenvalue weighted by molar-refractivity contribution is 7.12. The van der Waals surface area contributed by atoms with Crippen LogP contribution >= 0.6 is 11.3 Å². The maximum Gasteiger partial charge on any atom is 0.353 e. The predicted molar refractivity (Wildman–Crippen MR) is 162 cm³/mol. The lowest BCUT2D eigenvalue weighted by Gasteiger charge is -2.28. The summed E-state index contributed by atoms with van der Waals surface area (Å²) in [6, 6.07) is 25.8. The zero-order chi connectivity index (χ0) is 30.4. The van der Waals surface area contributed by atoms with Crippen LogP contribution in [0.15, 0.2) is 96.4 Å². The first kappa shape index (κ1) is 27.9. The summed E-state index contributed by atoms with van der Waals surface area (Å²) in [6.45, 7) is -0.507. The highest BCUT2D eigenvalue weighted by Gasteiger charge is 2.64. The number of ketones is 1. The first-order chi connectivity index (χ1) is 21.4. The summed E-state index contributed by atoms with van der Waals surface area (Å²) in [5.41, 5.74) is 1.96. The van der Waals surface area contributed by atoms with Crippen molar-refractivity contribution < 1.29 is 33.4 Å². The molecule has 220 valence electrons. The Kier molecular flexibility index (Phi) is 7.18. The van der Waals surface area contributed by atoms with Gasteiger partial charge in [-0.1, -0.05) is 42.5 Å². The van der Waals surface area contributed by atoms with Gasteiger partial charge in [-0.25, -0.2) is 9.59 Å². The van der Waals surface area contributed by atoms with Gasteiger partial charge in [-0.3, -0.25) is 19.3 Å². The lowest BCUT2D eigenvalue weighted by atomic mass is 9.73. The molecule has 7 rings (SSSR count). The van der Waals surface area contributed by atoms with Crippen molar-refractivity contribution in [1.82, 2.24) is 0 Å². The van der Waals surface area contributed by atoms with E-state index in [4.69, 9.17) is 9.47 Å². The highest BCUT2D eigenvalue weighted by atomic mass is 32.1. The Hall–Kier alpha value is -4.89. The molecule has 2 amide bonds. The largest absolute Gasteiger partial charge is 0.454 e. The summed E-state index contributed by atoms with van der Waals surface area (Å²) >= 11 is 1.27. The van der Waals surface area contributed by atoms with E-state index in [-0.39, 0.29) is 58.3 Å². The van der Waals surface area contributed by atoms with E-state index in [0.717, 1.165) is 12.8 Å². The van der Waals surface area contributed by atoms with Gasteiger partial charge in [0.2, 0.25) is 11.8 Å². The Morgan fingerprint density at radius 2 is 1.55 bits per heavy atom. The van der Waals surface area contributed by atoms with Crippen molar-refractivity contribution in [2.24, 2.45) is 23.7 Å². The molecule has 9 heteroatoms. The molecule has 1 aliphatic heterocycles. The van der Waals surface area contributed by atoms with Crippen LogP contribution in [-0.4, -0.2) is 36.1 Å². The average molecular weight is 606 g/mol. The number of anilines is 1. The number of carbonyl (C=O) groups excluding carboxylic acids is 5. The topological polar surface area (TPSA) is 107 Å². The maximum atomic E-state index is 13.7. The predicted octanol–water partition coefficient (Wildman–Crippen LogP) is 5.94. The fourth-order valence-corrected chi connectivity index (χ4v) is 7.73. The van der Waals surface area contributed by atoms with Crippen LogP contribution in [0, 0.1) is 23.7 Å². The molecule has 1 saturated heterocycles. The Labute approximate surface area is 257 Å². The second kappa shape index (κ2) is 11.3. The van der Waals surface area contributed by atoms with Gasteiger partial charge in [0.25, 0.3) is 0 Å². The molecule has 0 spiro atoms. The molecular weight excluding hydrogens is 578 g/mol. The second-order valence-corrected chi connectivity index (χ2v) is 12.4. The standard InChI is InChI=1S/C35H27NO7S/c37-28(21-11-13-25(14-12-21)43-35(41)29-10-5-15-44-29)19-42-34(40)22-8-4-9-24(16-22)36-32(38)30-23-17-26(20-6-2-1-3-7-20)27(18-23)31(30)33(36)39/h1-16,23,26-27,30-31H,17-19H2/t23-,26+,27+,30+,31+/m0/s1. The van der Waals surface area contributed by atoms with Gasteiger partial charge >= 0.3 is 11.9 Å². The van der Waals surface area contributed by atoms with E-state index in [1.165, 1.54) is 58.2 Å². The van der Waals surface area contributed by atoms with Crippen molar-refractivity contribution >= 4 is 46.6 Å². The Balaban J connectivity index is 0.991. The zero-order valence-corrected chi connectivity index (χ0v) is 24.3. The number of esters is 2. The summed E-state index contributed by atoms with van der Waals surface area (Å²) in [7, 11) is 0. The molecule has 2 bridgehead atoms. The number of rotatable bonds is 8. The van der Waals surface area contributed by atoms with Crippen LogP contribution in [0.1, 0.15) is 54.7 Å². The molecule has 8 nitrogen and oxygen atoms in total. The van der Waals surface area contributed by atoms with Gasteiger partial charge in [-0.2, -0.15) is 0 Å². The number of imide groups is 1. The van der Waals surface area contributed by atoms with Crippen molar-refractivity contribution in [2.45, 2.75) is 18.8 Å². The summed E-state index contributed by atoms with van der Waals surface area (Å²) in [6.07, 6.45) is 1.77. The summed E-state index contributed by atoms with van der Waals surface area (Å²) < 4.78 is 10.6. The highest BCUT2D eigenvalue weighted by Crippen LogP contribution is 2.61. The van der Waals surface area contributed by atoms with E-state index >= 15 is 0 Å². The molecule has 3 aromatic carbocycles. The molecule has 2 aliphatic carbocycles. The molecule has 0 unspecified atom stereocenters. The van der Waals surface area contributed by atoms with Gasteiger partial charge in [0.05, 0.1) is 23.1 Å². The lowest BCUT2D eigenvalue weighted by Crippen LogP contribution is -2.33. The van der Waals surface area contributed by atoms with Crippen molar-refractivity contribution in [1.29, 1.82) is 0 Å². The van der Waals surface area contributed by atoms with E-state index in [1.54, 1.807) is 29.6 Å². The van der Waals surface area contributed by atoms with Crippen molar-refractivity contribution in [3.05, 3.63) is 118 Å². The minimum absolute atomic E-state index is 0.120. The van der Waals surface area contributed by atoms with E-state index in [9.17, 15) is 24.0 Å². The Bertz CT molecular complexity index is 1770. The smallest absolute Gasteiger partial charge is 0.353 e. The van der Waals surface area contributed by atoms with Crippen LogP contribution in [0.5, 0.6) is 5.75 Å². The fourth-order valence-electron chi connectivity index (χ4n) is 7.13. The van der Waals surface area contributed by atoms with E-state index < -0.39 is 24.3 Å². The average Bonchev–Trinajstić information content (AvgIpc) is 3.85. The van der Waals surface area contributed by atoms with Crippen LogP contribution in [0.3, 0.4) is 0 Å². The number of fused-ring (bicyclic) bond motifs is 5. The monoisotopic (exact) mass is 605 g/mol. The van der Waals surface area contributed by atoms with Gasteiger partial charge < -0.3 is 9.47 Å². The number of carbonyl (C=O) groups is 5. The number of ether oxygens (including phenoxy) is 2. The van der Waals surface area contributed by atoms with E-state index in [1.807, 2.05) is 18.2 Å². The third-order valence-corrected chi connectivity index (χ3v) is 9.88. The molecule has 2 saturated carbocycles. The summed E-state index contributed by atoms with van der Waals surface area (Å²) in [4.78, 5) is 66.6. The normalized spacial score (nSPS) is 23.5. The quantitative estimate of drug-likeness (QED) is 0.106. The van der Waals surface area contributed by atoms with Crippen molar-refractivity contribution in [3.63, 3.8) is 0 Å². The number of Topliss-reactive ketones (excluding diaryl/α,β-unsaturated/α-hetero) is 1. The molecule has 1 aromatic heterocycles. The third kappa shape index (κ3) is 4.93. The Morgan fingerprint density at radius 3 is 2.30 bits per heavy atom. The second-order valence-electron chi connectivity index (χ2n) is 11.4. The van der Waals surface area contributed by atoms with E-state index in [0.29, 0.717) is 10.6 Å². The number of amides is 2. The van der Waals surface area contributed by atoms with Gasteiger partial charge in [0, 0.05) is 5.56 Å². The molecule has 3 fully saturated rings. The van der Waals surface area contributed by atoms with Crippen LogP contribution < -0.4 is 9.64 Å². The van der Waals surface area contributed by atoms with Gasteiger partial charge in [0.15, 0.2) is 12.4 Å². The van der Waals surface area contributed by atoms with Gasteiger partial charge in [-0.05, 0) is 90.1 Å². The van der Waals surface area contributed by atoms with Crippen LogP contribution in [-0.2, 0) is 14.3 Å². The molecule has 5 atom stereocenters. The van der Waals surface area contributed by atoms with Gasteiger partial charge in [-0.15, -0.1) is 11.3 Å². The van der Waals surface area contributed by atoms with Gasteiger partial charge in [0.1, 0.15) is 10.6 Å². The summed E-state index contributed by atoms with van der Waals surface area (Å²) in [5, 5.41) is 1.77. The molecule has 44 heavy (non-hydrogen) atoms. The molecule has 0 radical (unpaired) electrons. The molecule has 0 N–H and O–H groups in total. The fraction of sp³-hybridized carbons (Fsp3) is 0.229. The first-order valence-electron chi connectivity index (χ1n) is 14.5. The zero-order valence-electron chi connectivity index (χ0n) is 23.5. The third-order valence-electron chi connectivity index (χ3n) is 9.03. The molecular formula is C35H27NO7S. The lowest BCUT2D eigenvalue weighted by molar-refractivity contribution is -0.123. The summed E-state index contributed by atoms with van der Waals surface area (Å²) in [5.74, 6) is -1.94. The van der Waals surface area contributed by atoms with Crippen molar-refractivity contribution in [3.8, 4) is 5.75 Å². The molecule has 2 heterocycles. The van der Waals surface area contributed by atoms with Crippen LogP contribution in [0.2, 0.25) is 0 Å². The van der Waals surface area contributed by atoms with E-state index in [2.05, 4.69) is 12.1 Å². The molecule has 3 aliphatic rings. The maximum absolute atomic E-state index is 13.7. The Morgan fingerprint density at radius 1 is 0.773 bits per heavy atom. The first-order valence-corrected chi connectivity index (χ1v) is 15.4. The molecule has 4 aromatic rings. The number of thiophene rings is 1. The van der Waals surface area contributed by atoms with Crippen LogP contribution in [0.25, 0.3) is 0 Å². The minimum atomic E-state index is -0.745. The SMILES string of the molecule is O=C(COC(=O)c1cccc(N2C(=O)[C@@H]3[C@@H]4C[C@@H]([C@H]3C2=O)[C@@H](c2ccccc2)C4)c1)c1ccc(OC(=O)c2cccs2)cc1. The number of benzene rings is 3. The number of hydrogen-bond donors (Lipinski definition) is 0. The van der Waals surface area contributed by atoms with Crippen molar-refractivity contribution in [2.75, 3.05) is 11.5 Å². The minimum Gasteiger partial charge on any atom is -0.454 e.